The molecule has 0 radical (unpaired) electrons. The number of benzene rings is 8. The SMILES string of the molecule is c1ccc(-c2cccc(-n3c4ccccc4c4cc(-c5nc(-c6cccc7c6oc6ccccc67)nc(-c6cccc7oc8ccccc8c67)n5)ccc43)c2)cc1. The van der Waals surface area contributed by atoms with E-state index in [1.807, 2.05) is 60.7 Å². The van der Waals surface area contributed by atoms with Crippen LogP contribution in [-0.2, 0) is 0 Å². The van der Waals surface area contributed by atoms with Crippen molar-refractivity contribution in [3.8, 4) is 51.0 Å². The van der Waals surface area contributed by atoms with Gasteiger partial charge >= 0.3 is 0 Å². The average molecular weight is 731 g/mol. The van der Waals surface area contributed by atoms with Gasteiger partial charge in [-0.1, -0.05) is 121 Å². The van der Waals surface area contributed by atoms with Crippen molar-refractivity contribution in [3.05, 3.63) is 182 Å². The standard InChI is InChI=1S/C51H30N4O2/c1-2-13-31(14-3-1)32-15-10-16-34(29-32)55-42-23-7-4-17-35(42)41-30-33(27-28-43(41)55)49-52-50(39-21-12-26-46-47(39)38-19-6-9-25-45(38)56-46)54-51(53-49)40-22-11-20-37-36-18-5-8-24-44(36)57-48(37)40/h1-30H. The largest absolute Gasteiger partial charge is 0.456 e. The maximum Gasteiger partial charge on any atom is 0.167 e. The number of fused-ring (bicyclic) bond motifs is 9. The van der Waals surface area contributed by atoms with Crippen molar-refractivity contribution >= 4 is 65.7 Å². The van der Waals surface area contributed by atoms with Crippen LogP contribution in [0.3, 0.4) is 0 Å². The topological polar surface area (TPSA) is 69.9 Å². The maximum absolute atomic E-state index is 6.51. The molecule has 0 aliphatic heterocycles. The fourth-order valence-corrected chi connectivity index (χ4v) is 8.48. The van der Waals surface area contributed by atoms with Crippen molar-refractivity contribution in [3.63, 3.8) is 0 Å². The Morgan fingerprint density at radius 2 is 0.965 bits per heavy atom. The summed E-state index contributed by atoms with van der Waals surface area (Å²) in [7, 11) is 0. The van der Waals surface area contributed by atoms with Crippen molar-refractivity contribution in [2.24, 2.45) is 0 Å². The van der Waals surface area contributed by atoms with Crippen LogP contribution < -0.4 is 0 Å². The zero-order valence-electron chi connectivity index (χ0n) is 30.4. The Morgan fingerprint density at radius 1 is 0.351 bits per heavy atom. The molecule has 6 heteroatoms. The molecule has 12 rings (SSSR count). The Labute approximate surface area is 325 Å². The first kappa shape index (κ1) is 31.5. The molecule has 0 saturated carbocycles. The molecule has 0 unspecified atom stereocenters. The zero-order valence-corrected chi connectivity index (χ0v) is 30.4. The molecule has 0 amide bonds. The second-order valence-corrected chi connectivity index (χ2v) is 14.4. The number of nitrogens with zero attached hydrogens (tertiary/aromatic N) is 4. The van der Waals surface area contributed by atoms with Crippen molar-refractivity contribution in [1.82, 2.24) is 19.5 Å². The molecule has 6 nitrogen and oxygen atoms in total. The molecular weight excluding hydrogens is 701 g/mol. The van der Waals surface area contributed by atoms with Crippen LogP contribution in [-0.4, -0.2) is 19.5 Å². The highest BCUT2D eigenvalue weighted by molar-refractivity contribution is 6.13. The highest BCUT2D eigenvalue weighted by atomic mass is 16.3. The summed E-state index contributed by atoms with van der Waals surface area (Å²) in [5, 5.41) is 6.30. The van der Waals surface area contributed by atoms with Crippen LogP contribution in [0.1, 0.15) is 0 Å². The average Bonchev–Trinajstić information content (AvgIpc) is 3.96. The molecule has 0 bridgehead atoms. The normalized spacial score (nSPS) is 11.9. The van der Waals surface area contributed by atoms with Gasteiger partial charge < -0.3 is 13.4 Å². The second-order valence-electron chi connectivity index (χ2n) is 14.4. The first-order chi connectivity index (χ1) is 28.2. The summed E-state index contributed by atoms with van der Waals surface area (Å²) in [5.41, 5.74) is 11.4. The highest BCUT2D eigenvalue weighted by Gasteiger charge is 2.21. The van der Waals surface area contributed by atoms with Crippen LogP contribution >= 0.6 is 0 Å². The first-order valence-corrected chi connectivity index (χ1v) is 19.0. The zero-order chi connectivity index (χ0) is 37.5. The summed E-state index contributed by atoms with van der Waals surface area (Å²) >= 11 is 0. The van der Waals surface area contributed by atoms with Gasteiger partial charge in [0.25, 0.3) is 0 Å². The van der Waals surface area contributed by atoms with E-state index in [9.17, 15) is 0 Å². The van der Waals surface area contributed by atoms with Crippen molar-refractivity contribution < 1.29 is 8.83 Å². The molecule has 8 aromatic carbocycles. The third kappa shape index (κ3) is 4.94. The van der Waals surface area contributed by atoms with E-state index in [0.29, 0.717) is 17.5 Å². The minimum Gasteiger partial charge on any atom is -0.456 e. The maximum atomic E-state index is 6.51. The Kier molecular flexibility index (Phi) is 6.83. The summed E-state index contributed by atoms with van der Waals surface area (Å²) < 4.78 is 15.2. The second kappa shape index (κ2) is 12.3. The van der Waals surface area contributed by atoms with Gasteiger partial charge in [-0.2, -0.15) is 0 Å². The van der Waals surface area contributed by atoms with Gasteiger partial charge in [-0.15, -0.1) is 0 Å². The van der Waals surface area contributed by atoms with Crippen molar-refractivity contribution in [2.75, 3.05) is 0 Å². The molecular formula is C51H30N4O2. The molecule has 4 aromatic heterocycles. The monoisotopic (exact) mass is 730 g/mol. The van der Waals surface area contributed by atoms with Gasteiger partial charge in [0.1, 0.15) is 22.3 Å². The summed E-state index contributed by atoms with van der Waals surface area (Å²) in [5.74, 6) is 1.66. The fraction of sp³-hybridized carbons (Fsp3) is 0. The summed E-state index contributed by atoms with van der Waals surface area (Å²) in [6.07, 6.45) is 0. The Morgan fingerprint density at radius 3 is 1.84 bits per heavy atom. The van der Waals surface area contributed by atoms with Gasteiger partial charge in [0, 0.05) is 49.1 Å². The van der Waals surface area contributed by atoms with Gasteiger partial charge in [-0.05, 0) is 71.8 Å². The Hall–Kier alpha value is -7.83. The van der Waals surface area contributed by atoms with Crippen LogP contribution in [0.15, 0.2) is 191 Å². The number of rotatable bonds is 5. The third-order valence-corrected chi connectivity index (χ3v) is 11.1. The lowest BCUT2D eigenvalue weighted by atomic mass is 10.0. The molecule has 12 aromatic rings. The van der Waals surface area contributed by atoms with E-state index in [2.05, 4.69) is 126 Å². The van der Waals surface area contributed by atoms with E-state index in [0.717, 1.165) is 88.1 Å². The van der Waals surface area contributed by atoms with Gasteiger partial charge in [0.15, 0.2) is 17.5 Å². The molecule has 0 N–H and O–H groups in total. The smallest absolute Gasteiger partial charge is 0.167 e. The summed E-state index contributed by atoms with van der Waals surface area (Å²) in [6.45, 7) is 0. The lowest BCUT2D eigenvalue weighted by molar-refractivity contribution is 0.668. The van der Waals surface area contributed by atoms with Crippen molar-refractivity contribution in [2.45, 2.75) is 0 Å². The molecule has 57 heavy (non-hydrogen) atoms. The molecule has 0 fully saturated rings. The molecule has 0 aliphatic rings. The van der Waals surface area contributed by atoms with Gasteiger partial charge in [-0.3, -0.25) is 0 Å². The quantitative estimate of drug-likeness (QED) is 0.176. The third-order valence-electron chi connectivity index (χ3n) is 11.1. The lowest BCUT2D eigenvalue weighted by Crippen LogP contribution is -2.01. The van der Waals surface area contributed by atoms with Crippen molar-refractivity contribution in [1.29, 1.82) is 0 Å². The molecule has 0 saturated heterocycles. The van der Waals surface area contributed by atoms with Crippen LogP contribution in [0.25, 0.3) is 117 Å². The highest BCUT2D eigenvalue weighted by Crippen LogP contribution is 2.40. The molecule has 0 aliphatic carbocycles. The number of aromatic nitrogens is 4. The van der Waals surface area contributed by atoms with Crippen LogP contribution in [0.4, 0.5) is 0 Å². The number of para-hydroxylation sites is 4. The predicted octanol–water partition coefficient (Wildman–Crippen LogP) is 13.4. The van der Waals surface area contributed by atoms with E-state index in [1.54, 1.807) is 0 Å². The first-order valence-electron chi connectivity index (χ1n) is 19.0. The van der Waals surface area contributed by atoms with Crippen LogP contribution in [0, 0.1) is 0 Å². The van der Waals surface area contributed by atoms with Gasteiger partial charge in [0.2, 0.25) is 0 Å². The molecule has 4 heterocycles. The van der Waals surface area contributed by atoms with Crippen LogP contribution in [0.2, 0.25) is 0 Å². The van der Waals surface area contributed by atoms with Gasteiger partial charge in [0.05, 0.1) is 16.6 Å². The number of hydrogen-bond acceptors (Lipinski definition) is 5. The van der Waals surface area contributed by atoms with E-state index < -0.39 is 0 Å². The number of furan rings is 2. The Bertz CT molecular complexity index is 3540. The molecule has 0 atom stereocenters. The van der Waals surface area contributed by atoms with Gasteiger partial charge in [-0.25, -0.2) is 15.0 Å². The van der Waals surface area contributed by atoms with E-state index >= 15 is 0 Å². The Balaban J connectivity index is 1.10. The predicted molar refractivity (Wildman–Crippen MR) is 230 cm³/mol. The number of hydrogen-bond donors (Lipinski definition) is 0. The van der Waals surface area contributed by atoms with E-state index in [1.165, 1.54) is 11.1 Å². The van der Waals surface area contributed by atoms with E-state index in [-0.39, 0.29) is 0 Å². The van der Waals surface area contributed by atoms with E-state index in [4.69, 9.17) is 23.8 Å². The summed E-state index contributed by atoms with van der Waals surface area (Å²) in [4.78, 5) is 15.7. The molecule has 0 spiro atoms. The fourth-order valence-electron chi connectivity index (χ4n) is 8.48. The summed E-state index contributed by atoms with van der Waals surface area (Å²) in [6, 6.07) is 62.8. The van der Waals surface area contributed by atoms with Crippen LogP contribution in [0.5, 0.6) is 0 Å². The lowest BCUT2D eigenvalue weighted by Gasteiger charge is -2.11. The minimum atomic E-state index is 0.532. The minimum absolute atomic E-state index is 0.532. The molecule has 266 valence electrons.